The quantitative estimate of drug-likeness (QED) is 0.333. The fourth-order valence-electron chi connectivity index (χ4n) is 3.39. The fraction of sp³-hybridized carbons (Fsp3) is 0.636. The van der Waals surface area contributed by atoms with Gasteiger partial charge in [-0.2, -0.15) is 0 Å². The number of aryl methyl sites for hydroxylation is 1. The van der Waals surface area contributed by atoms with E-state index in [-0.39, 0.29) is 29.9 Å². The minimum atomic E-state index is 0. The van der Waals surface area contributed by atoms with E-state index in [2.05, 4.69) is 60.6 Å². The lowest BCUT2D eigenvalue weighted by Gasteiger charge is -2.33. The summed E-state index contributed by atoms with van der Waals surface area (Å²) in [6, 6.07) is 9.06. The van der Waals surface area contributed by atoms with Crippen molar-refractivity contribution in [1.82, 2.24) is 20.4 Å². The van der Waals surface area contributed by atoms with Crippen molar-refractivity contribution in [3.63, 3.8) is 0 Å². The number of aliphatic imine (C=N–C) groups is 1. The first kappa shape index (κ1) is 25.7. The molecule has 1 aliphatic rings. The molecule has 0 bridgehead atoms. The third-order valence-electron chi connectivity index (χ3n) is 5.26. The number of hydrogen-bond acceptors (Lipinski definition) is 3. The molecule has 1 unspecified atom stereocenters. The molecule has 164 valence electrons. The Labute approximate surface area is 193 Å². The second-order valence-electron chi connectivity index (χ2n) is 8.02. The lowest BCUT2D eigenvalue weighted by molar-refractivity contribution is -0.130. The third kappa shape index (κ3) is 8.90. The number of rotatable bonds is 7. The van der Waals surface area contributed by atoms with Gasteiger partial charge < -0.3 is 15.5 Å². The maximum Gasteiger partial charge on any atom is 0.236 e. The van der Waals surface area contributed by atoms with Crippen LogP contribution >= 0.6 is 24.0 Å². The van der Waals surface area contributed by atoms with Crippen molar-refractivity contribution in [1.29, 1.82) is 0 Å². The highest BCUT2D eigenvalue weighted by molar-refractivity contribution is 14.0. The molecule has 1 atom stereocenters. The number of benzene rings is 1. The van der Waals surface area contributed by atoms with Gasteiger partial charge in [-0.1, -0.05) is 36.8 Å². The van der Waals surface area contributed by atoms with E-state index in [1.165, 1.54) is 11.1 Å². The summed E-state index contributed by atoms with van der Waals surface area (Å²) in [7, 11) is 3.63. The molecule has 1 aliphatic heterocycles. The lowest BCUT2D eigenvalue weighted by Crippen LogP contribution is -2.50. The molecule has 29 heavy (non-hydrogen) atoms. The van der Waals surface area contributed by atoms with Crippen LogP contribution in [0.4, 0.5) is 0 Å². The van der Waals surface area contributed by atoms with Gasteiger partial charge in [0.25, 0.3) is 0 Å². The minimum Gasteiger partial charge on any atom is -0.357 e. The summed E-state index contributed by atoms with van der Waals surface area (Å²) in [6.45, 7) is 10.5. The van der Waals surface area contributed by atoms with Gasteiger partial charge in [0, 0.05) is 52.2 Å². The van der Waals surface area contributed by atoms with Crippen LogP contribution < -0.4 is 10.6 Å². The van der Waals surface area contributed by atoms with Crippen LogP contribution in [-0.2, 0) is 4.79 Å². The molecule has 1 aromatic rings. The average Bonchev–Trinajstić information content (AvgIpc) is 2.67. The summed E-state index contributed by atoms with van der Waals surface area (Å²) in [6.07, 6.45) is 2.05. The Morgan fingerprint density at radius 1 is 1.31 bits per heavy atom. The number of piperidine rings is 1. The Morgan fingerprint density at radius 2 is 2.00 bits per heavy atom. The van der Waals surface area contributed by atoms with E-state index in [0.29, 0.717) is 18.5 Å². The topological polar surface area (TPSA) is 60.0 Å². The van der Waals surface area contributed by atoms with E-state index in [0.717, 1.165) is 45.0 Å². The van der Waals surface area contributed by atoms with E-state index < -0.39 is 0 Å². The van der Waals surface area contributed by atoms with Gasteiger partial charge in [0.15, 0.2) is 5.96 Å². The summed E-state index contributed by atoms with van der Waals surface area (Å²) < 4.78 is 0. The lowest BCUT2D eigenvalue weighted by atomic mass is 10.00. The number of amides is 1. The van der Waals surface area contributed by atoms with E-state index in [1.54, 1.807) is 4.90 Å². The summed E-state index contributed by atoms with van der Waals surface area (Å²) in [4.78, 5) is 20.6. The van der Waals surface area contributed by atoms with Crippen molar-refractivity contribution >= 4 is 35.8 Å². The number of carbonyl (C=O) groups excluding carboxylic acids is 1. The number of hydrogen-bond donors (Lipinski definition) is 2. The zero-order chi connectivity index (χ0) is 20.5. The van der Waals surface area contributed by atoms with Crippen LogP contribution in [-0.4, -0.2) is 74.5 Å². The molecule has 1 aromatic carbocycles. The Kier molecular flexibility index (Phi) is 11.6. The Balaban J connectivity index is 0.00000420. The Bertz CT molecular complexity index is 656. The maximum atomic E-state index is 11.9. The molecular weight excluding hydrogens is 477 g/mol. The first-order valence-electron chi connectivity index (χ1n) is 10.4. The molecule has 0 radical (unpaired) electrons. The largest absolute Gasteiger partial charge is 0.357 e. The predicted octanol–water partition coefficient (Wildman–Crippen LogP) is 2.82. The number of halogens is 1. The van der Waals surface area contributed by atoms with Gasteiger partial charge in [-0.3, -0.25) is 14.7 Å². The minimum absolute atomic E-state index is 0. The highest BCUT2D eigenvalue weighted by Gasteiger charge is 2.22. The molecule has 1 amide bonds. The first-order valence-corrected chi connectivity index (χ1v) is 10.4. The second-order valence-corrected chi connectivity index (χ2v) is 8.02. The van der Waals surface area contributed by atoms with Crippen LogP contribution in [0.2, 0.25) is 0 Å². The zero-order valence-electron chi connectivity index (χ0n) is 18.6. The molecule has 6 nitrogen and oxygen atoms in total. The van der Waals surface area contributed by atoms with Crippen LogP contribution in [0.5, 0.6) is 0 Å². The number of guanidine groups is 1. The van der Waals surface area contributed by atoms with Gasteiger partial charge in [0.05, 0.1) is 6.54 Å². The SMILES string of the molecule is CCNC(=NCC(C)c1cccc(C)c1)NC1CCN(CC(=O)N(C)C)CC1.I. The number of carbonyl (C=O) groups is 1. The Hall–Kier alpha value is -1.35. The van der Waals surface area contributed by atoms with Crippen LogP contribution in [0.1, 0.15) is 43.7 Å². The van der Waals surface area contributed by atoms with Crippen molar-refractivity contribution in [2.45, 2.75) is 45.6 Å². The summed E-state index contributed by atoms with van der Waals surface area (Å²) >= 11 is 0. The smallest absolute Gasteiger partial charge is 0.236 e. The Morgan fingerprint density at radius 3 is 2.59 bits per heavy atom. The van der Waals surface area contributed by atoms with Crippen molar-refractivity contribution < 1.29 is 4.79 Å². The van der Waals surface area contributed by atoms with Crippen LogP contribution in [0.15, 0.2) is 29.3 Å². The molecule has 2 rings (SSSR count). The normalized spacial score (nSPS) is 16.7. The maximum absolute atomic E-state index is 11.9. The van der Waals surface area contributed by atoms with E-state index in [1.807, 2.05) is 14.1 Å². The highest BCUT2D eigenvalue weighted by atomic mass is 127. The summed E-state index contributed by atoms with van der Waals surface area (Å²) in [5.41, 5.74) is 2.62. The van der Waals surface area contributed by atoms with Crippen molar-refractivity contribution in [2.75, 3.05) is 46.8 Å². The van der Waals surface area contributed by atoms with Crippen LogP contribution in [0, 0.1) is 6.92 Å². The first-order chi connectivity index (χ1) is 13.4. The van der Waals surface area contributed by atoms with Crippen molar-refractivity contribution in [3.8, 4) is 0 Å². The zero-order valence-corrected chi connectivity index (χ0v) is 20.9. The number of nitrogens with one attached hydrogen (secondary N) is 2. The molecule has 7 heteroatoms. The van der Waals surface area contributed by atoms with Crippen LogP contribution in [0.25, 0.3) is 0 Å². The third-order valence-corrected chi connectivity index (χ3v) is 5.26. The van der Waals surface area contributed by atoms with Crippen LogP contribution in [0.3, 0.4) is 0 Å². The summed E-state index contributed by atoms with van der Waals surface area (Å²) in [5.74, 6) is 1.45. The van der Waals surface area contributed by atoms with Gasteiger partial charge in [0.2, 0.25) is 5.91 Å². The number of likely N-dealkylation sites (N-methyl/N-ethyl adjacent to an activating group) is 1. The van der Waals surface area contributed by atoms with Gasteiger partial charge in [-0.15, -0.1) is 24.0 Å². The number of likely N-dealkylation sites (tertiary alicyclic amines) is 1. The standard InChI is InChI=1S/C22H37N5O.HI/c1-6-23-22(24-15-18(3)19-9-7-8-17(2)14-19)25-20-10-12-27(13-11-20)16-21(28)26(4)5;/h7-9,14,18,20H,6,10-13,15-16H2,1-5H3,(H2,23,24,25);1H. The van der Waals surface area contributed by atoms with Gasteiger partial charge in [-0.05, 0) is 32.3 Å². The van der Waals surface area contributed by atoms with Gasteiger partial charge >= 0.3 is 0 Å². The molecule has 2 N–H and O–H groups in total. The van der Waals surface area contributed by atoms with Crippen molar-refractivity contribution in [3.05, 3.63) is 35.4 Å². The van der Waals surface area contributed by atoms with E-state index in [9.17, 15) is 4.79 Å². The van der Waals surface area contributed by atoms with Crippen molar-refractivity contribution in [2.24, 2.45) is 4.99 Å². The summed E-state index contributed by atoms with van der Waals surface area (Å²) in [5, 5.41) is 6.96. The molecule has 0 spiro atoms. The second kappa shape index (κ2) is 13.1. The molecule has 0 saturated carbocycles. The predicted molar refractivity (Wildman–Crippen MR) is 132 cm³/mol. The highest BCUT2D eigenvalue weighted by Crippen LogP contribution is 2.17. The van der Waals surface area contributed by atoms with E-state index in [4.69, 9.17) is 4.99 Å². The van der Waals surface area contributed by atoms with E-state index >= 15 is 0 Å². The monoisotopic (exact) mass is 515 g/mol. The molecule has 1 fully saturated rings. The van der Waals surface area contributed by atoms with Gasteiger partial charge in [-0.25, -0.2) is 0 Å². The molecular formula is C22H38IN5O. The number of nitrogens with zero attached hydrogens (tertiary/aromatic N) is 3. The van der Waals surface area contributed by atoms with Gasteiger partial charge in [0.1, 0.15) is 0 Å². The average molecular weight is 515 g/mol. The molecule has 1 heterocycles. The molecule has 1 saturated heterocycles. The fourth-order valence-corrected chi connectivity index (χ4v) is 3.39. The molecule has 0 aliphatic carbocycles. The molecule has 0 aromatic heterocycles.